The van der Waals surface area contributed by atoms with E-state index in [0.717, 1.165) is 17.8 Å². The van der Waals surface area contributed by atoms with Crippen LogP contribution in [0.1, 0.15) is 25.0 Å². The molecule has 7 heteroatoms. The van der Waals surface area contributed by atoms with E-state index >= 15 is 0 Å². The molecule has 1 atom stereocenters. The van der Waals surface area contributed by atoms with E-state index in [4.69, 9.17) is 4.98 Å². The van der Waals surface area contributed by atoms with Crippen LogP contribution in [0.4, 0.5) is 11.6 Å². The van der Waals surface area contributed by atoms with E-state index in [1.165, 1.54) is 20.3 Å². The zero-order chi connectivity index (χ0) is 21.0. The van der Waals surface area contributed by atoms with Crippen molar-refractivity contribution >= 4 is 22.8 Å². The van der Waals surface area contributed by atoms with Gasteiger partial charge in [-0.15, -0.1) is 0 Å². The number of benzene rings is 1. The Hall–Kier alpha value is -3.09. The minimum Gasteiger partial charge on any atom is -0.312 e. The first-order valence-electron chi connectivity index (χ1n) is 9.88. The second kappa shape index (κ2) is 6.76. The summed E-state index contributed by atoms with van der Waals surface area (Å²) in [6.07, 6.45) is 0. The smallest absolute Gasteiger partial charge is 0.312 e. The molecule has 0 spiro atoms. The van der Waals surface area contributed by atoms with Gasteiger partial charge in [0.15, 0.2) is 11.2 Å². The number of aryl methyl sites for hydroxylation is 3. The van der Waals surface area contributed by atoms with E-state index < -0.39 is 0 Å². The summed E-state index contributed by atoms with van der Waals surface area (Å²) in [5, 5.41) is 0. The second-order valence-corrected chi connectivity index (χ2v) is 8.37. The van der Waals surface area contributed by atoms with Gasteiger partial charge in [0.05, 0.1) is 6.54 Å². The van der Waals surface area contributed by atoms with E-state index in [0.29, 0.717) is 29.6 Å². The molecule has 2 aromatic heterocycles. The number of imidazole rings is 1. The van der Waals surface area contributed by atoms with Gasteiger partial charge in [-0.25, -0.2) is 4.79 Å². The Morgan fingerprint density at radius 3 is 2.59 bits per heavy atom. The topological polar surface area (TPSA) is 65.1 Å². The molecule has 1 unspecified atom stereocenters. The molecule has 1 aliphatic rings. The van der Waals surface area contributed by atoms with Crippen molar-refractivity contribution in [3.63, 3.8) is 0 Å². The lowest BCUT2D eigenvalue weighted by Gasteiger charge is -2.33. The largest absolute Gasteiger partial charge is 0.332 e. The molecule has 0 aliphatic carbocycles. The third kappa shape index (κ3) is 3.01. The Bertz CT molecular complexity index is 1260. The average Bonchev–Trinajstić information content (AvgIpc) is 3.04. The molecule has 3 heterocycles. The summed E-state index contributed by atoms with van der Waals surface area (Å²) >= 11 is 0. The number of fused-ring (bicyclic) bond motifs is 3. The summed E-state index contributed by atoms with van der Waals surface area (Å²) < 4.78 is 4.68. The van der Waals surface area contributed by atoms with Crippen molar-refractivity contribution in [1.29, 1.82) is 0 Å². The van der Waals surface area contributed by atoms with E-state index in [1.54, 1.807) is 7.05 Å². The predicted molar refractivity (Wildman–Crippen MR) is 116 cm³/mol. The van der Waals surface area contributed by atoms with Gasteiger partial charge in [-0.3, -0.25) is 13.9 Å². The molecule has 3 aromatic rings. The van der Waals surface area contributed by atoms with Crippen molar-refractivity contribution < 1.29 is 0 Å². The van der Waals surface area contributed by atoms with Crippen molar-refractivity contribution in [1.82, 2.24) is 18.7 Å². The molecule has 1 aromatic carbocycles. The fourth-order valence-electron chi connectivity index (χ4n) is 4.03. The van der Waals surface area contributed by atoms with Crippen LogP contribution in [0.2, 0.25) is 0 Å². The van der Waals surface area contributed by atoms with Gasteiger partial charge in [0, 0.05) is 25.8 Å². The van der Waals surface area contributed by atoms with E-state index in [-0.39, 0.29) is 17.8 Å². The van der Waals surface area contributed by atoms with Gasteiger partial charge in [0.2, 0.25) is 5.95 Å². The summed E-state index contributed by atoms with van der Waals surface area (Å²) in [6, 6.07) is 6.34. The van der Waals surface area contributed by atoms with E-state index in [9.17, 15) is 9.59 Å². The highest BCUT2D eigenvalue weighted by atomic mass is 16.2. The maximum absolute atomic E-state index is 13.2. The van der Waals surface area contributed by atoms with Crippen LogP contribution >= 0.6 is 0 Å². The molecule has 7 nitrogen and oxygen atoms in total. The minimum absolute atomic E-state index is 0.207. The molecule has 0 radical (unpaired) electrons. The first kappa shape index (κ1) is 19.2. The molecule has 0 fully saturated rings. The summed E-state index contributed by atoms with van der Waals surface area (Å²) in [6.45, 7) is 13.7. The van der Waals surface area contributed by atoms with Crippen LogP contribution in [-0.4, -0.2) is 25.2 Å². The van der Waals surface area contributed by atoms with Crippen LogP contribution in [-0.2, 0) is 20.1 Å². The van der Waals surface area contributed by atoms with Gasteiger partial charge in [-0.1, -0.05) is 25.1 Å². The number of rotatable bonds is 3. The van der Waals surface area contributed by atoms with Crippen LogP contribution < -0.4 is 16.1 Å². The molecular weight excluding hydrogens is 366 g/mol. The monoisotopic (exact) mass is 393 g/mol. The fraction of sp³-hybridized carbons (Fsp3) is 0.409. The lowest BCUT2D eigenvalue weighted by Crippen LogP contribution is -2.40. The van der Waals surface area contributed by atoms with Gasteiger partial charge >= 0.3 is 5.69 Å². The van der Waals surface area contributed by atoms with Crippen LogP contribution in [0, 0.1) is 19.8 Å². The van der Waals surface area contributed by atoms with Crippen LogP contribution in [0.3, 0.4) is 0 Å². The molecule has 1 aliphatic heterocycles. The molecule has 152 valence electrons. The lowest BCUT2D eigenvalue weighted by atomic mass is 10.1. The van der Waals surface area contributed by atoms with Crippen molar-refractivity contribution in [2.24, 2.45) is 13.0 Å². The normalized spacial score (nSPS) is 16.3. The standard InChI is InChI=1S/C22H27N5O2/c1-13(2)10-27-20(28)18-19(24(6)22(27)29)23-21-25(11-14(3)12-26(18)21)17-8-7-15(4)16(5)9-17/h7-9,14H,1,10-12H2,2-6H3. The Balaban J connectivity index is 2.00. The highest BCUT2D eigenvalue weighted by Crippen LogP contribution is 2.33. The van der Waals surface area contributed by atoms with Crippen molar-refractivity contribution in [3.05, 3.63) is 62.3 Å². The van der Waals surface area contributed by atoms with Crippen molar-refractivity contribution in [2.75, 3.05) is 11.4 Å². The molecule has 0 saturated carbocycles. The molecule has 4 rings (SSSR count). The SMILES string of the molecule is C=C(C)Cn1c(=O)c2c(nc3n2CC(C)CN3c2ccc(C)c(C)c2)n(C)c1=O. The van der Waals surface area contributed by atoms with Crippen molar-refractivity contribution in [3.8, 4) is 0 Å². The van der Waals surface area contributed by atoms with Gasteiger partial charge in [-0.05, 0) is 49.9 Å². The number of aromatic nitrogens is 4. The Morgan fingerprint density at radius 2 is 1.93 bits per heavy atom. The predicted octanol–water partition coefficient (Wildman–Crippen LogP) is 2.88. The first-order chi connectivity index (χ1) is 13.7. The first-order valence-corrected chi connectivity index (χ1v) is 9.88. The molecule has 0 N–H and O–H groups in total. The van der Waals surface area contributed by atoms with Gasteiger partial charge < -0.3 is 9.47 Å². The average molecular weight is 393 g/mol. The van der Waals surface area contributed by atoms with E-state index in [2.05, 4.69) is 50.4 Å². The highest BCUT2D eigenvalue weighted by molar-refractivity contribution is 5.77. The van der Waals surface area contributed by atoms with Crippen LogP contribution in [0.15, 0.2) is 39.9 Å². The summed E-state index contributed by atoms with van der Waals surface area (Å²) in [4.78, 5) is 32.9. The number of allylic oxidation sites excluding steroid dienone is 1. The van der Waals surface area contributed by atoms with E-state index in [1.807, 2.05) is 11.5 Å². The van der Waals surface area contributed by atoms with Crippen molar-refractivity contribution in [2.45, 2.75) is 40.8 Å². The van der Waals surface area contributed by atoms with Gasteiger partial charge in [0.1, 0.15) is 0 Å². The lowest BCUT2D eigenvalue weighted by molar-refractivity contribution is 0.458. The minimum atomic E-state index is -0.369. The van der Waals surface area contributed by atoms with Gasteiger partial charge in [0.25, 0.3) is 5.56 Å². The fourth-order valence-corrected chi connectivity index (χ4v) is 4.03. The van der Waals surface area contributed by atoms with Crippen LogP contribution in [0.25, 0.3) is 11.2 Å². The highest BCUT2D eigenvalue weighted by Gasteiger charge is 2.29. The number of anilines is 2. The molecule has 0 amide bonds. The maximum atomic E-state index is 13.2. The molecular formula is C22H27N5O2. The molecule has 0 saturated heterocycles. The molecule has 0 bridgehead atoms. The maximum Gasteiger partial charge on any atom is 0.332 e. The van der Waals surface area contributed by atoms with Gasteiger partial charge in [-0.2, -0.15) is 4.98 Å². The summed E-state index contributed by atoms with van der Waals surface area (Å²) in [5.41, 5.74) is 4.47. The number of hydrogen-bond acceptors (Lipinski definition) is 4. The summed E-state index contributed by atoms with van der Waals surface area (Å²) in [5.74, 6) is 1.04. The Morgan fingerprint density at radius 1 is 1.21 bits per heavy atom. The summed E-state index contributed by atoms with van der Waals surface area (Å²) in [7, 11) is 1.67. The zero-order valence-electron chi connectivity index (χ0n) is 17.7. The Labute approximate surface area is 169 Å². The third-order valence-corrected chi connectivity index (χ3v) is 5.67. The Kier molecular flexibility index (Phi) is 4.48. The third-order valence-electron chi connectivity index (χ3n) is 5.67. The zero-order valence-corrected chi connectivity index (χ0v) is 17.7. The quantitative estimate of drug-likeness (QED) is 0.642. The number of hydrogen-bond donors (Lipinski definition) is 0. The number of nitrogens with zero attached hydrogens (tertiary/aromatic N) is 5. The second-order valence-electron chi connectivity index (χ2n) is 8.37. The van der Waals surface area contributed by atoms with Crippen LogP contribution in [0.5, 0.6) is 0 Å². The molecule has 29 heavy (non-hydrogen) atoms.